The Balaban J connectivity index is 1.77. The van der Waals surface area contributed by atoms with Crippen LogP contribution < -0.4 is 14.8 Å². The first-order valence-corrected chi connectivity index (χ1v) is 9.18. The number of carbonyl (C=O) groups is 1. The van der Waals surface area contributed by atoms with Crippen LogP contribution in [-0.4, -0.2) is 29.9 Å². The molecule has 0 aliphatic carbocycles. The number of nitrogens with one attached hydrogen (secondary N) is 1. The maximum atomic E-state index is 12.4. The predicted molar refractivity (Wildman–Crippen MR) is 100 cm³/mol. The minimum Gasteiger partial charge on any atom is -0.493 e. The van der Waals surface area contributed by atoms with Gasteiger partial charge < -0.3 is 14.8 Å². The quantitative estimate of drug-likeness (QED) is 0.748. The number of hydrogen-bond acceptors (Lipinski definition) is 5. The Labute approximate surface area is 155 Å². The van der Waals surface area contributed by atoms with Crippen LogP contribution >= 0.6 is 11.3 Å². The van der Waals surface area contributed by atoms with Gasteiger partial charge in [-0.3, -0.25) is 4.79 Å². The molecule has 134 valence electrons. The molecular weight excluding hydrogens is 350 g/mol. The lowest BCUT2D eigenvalue weighted by Crippen LogP contribution is -2.25. The Morgan fingerprint density at radius 3 is 2.85 bits per heavy atom. The van der Waals surface area contributed by atoms with E-state index >= 15 is 0 Å². The largest absolute Gasteiger partial charge is 0.493 e. The molecule has 1 atom stereocenters. The van der Waals surface area contributed by atoms with E-state index < -0.39 is 0 Å². The number of hydrogen-bond donors (Lipinski definition) is 1. The summed E-state index contributed by atoms with van der Waals surface area (Å²) in [5.41, 5.74) is 1.92. The minimum absolute atomic E-state index is 0.0275. The van der Waals surface area contributed by atoms with Gasteiger partial charge in [-0.15, -0.1) is 11.3 Å². The van der Waals surface area contributed by atoms with Gasteiger partial charge in [0.15, 0.2) is 11.5 Å². The molecule has 3 aromatic rings. The van der Waals surface area contributed by atoms with Crippen LogP contribution in [0.2, 0.25) is 0 Å². The van der Waals surface area contributed by atoms with Gasteiger partial charge in [-0.05, 0) is 17.5 Å². The highest BCUT2D eigenvalue weighted by Crippen LogP contribution is 2.43. The van der Waals surface area contributed by atoms with E-state index in [1.807, 2.05) is 40.5 Å². The summed E-state index contributed by atoms with van der Waals surface area (Å²) < 4.78 is 12.8. The standard InChI is InChI=1S/C19H19N3O3S/c1-24-16-7-3-6-13(18(16)25-2)14-9-17(23)21-19-15(14)10-20-22(19)11-12-5-4-8-26-12/h3-8,10,14H,9,11H2,1-2H3,(H,21,23)/t14-/m0/s1. The summed E-state index contributed by atoms with van der Waals surface area (Å²) in [7, 11) is 3.23. The van der Waals surface area contributed by atoms with E-state index in [1.165, 1.54) is 4.88 Å². The van der Waals surface area contributed by atoms with Gasteiger partial charge in [0.1, 0.15) is 5.82 Å². The molecular formula is C19H19N3O3S. The van der Waals surface area contributed by atoms with E-state index in [-0.39, 0.29) is 11.8 Å². The normalized spacial score (nSPS) is 16.1. The smallest absolute Gasteiger partial charge is 0.226 e. The van der Waals surface area contributed by atoms with Crippen LogP contribution in [0.15, 0.2) is 41.9 Å². The third-order valence-corrected chi connectivity index (χ3v) is 5.45. The fourth-order valence-electron chi connectivity index (χ4n) is 3.40. The van der Waals surface area contributed by atoms with Crippen LogP contribution in [0.1, 0.15) is 28.3 Å². The molecule has 3 heterocycles. The second-order valence-electron chi connectivity index (χ2n) is 6.07. The van der Waals surface area contributed by atoms with Crippen LogP contribution in [0, 0.1) is 0 Å². The van der Waals surface area contributed by atoms with Gasteiger partial charge in [-0.1, -0.05) is 18.2 Å². The summed E-state index contributed by atoms with van der Waals surface area (Å²) in [6.45, 7) is 0.634. The first-order valence-electron chi connectivity index (χ1n) is 8.30. The number of aromatic nitrogens is 2. The molecule has 1 aliphatic rings. The van der Waals surface area contributed by atoms with E-state index in [0.717, 1.165) is 16.9 Å². The molecule has 0 saturated carbocycles. The van der Waals surface area contributed by atoms with Crippen LogP contribution in [0.3, 0.4) is 0 Å². The monoisotopic (exact) mass is 369 g/mol. The van der Waals surface area contributed by atoms with E-state index in [4.69, 9.17) is 9.47 Å². The molecule has 1 amide bonds. The van der Waals surface area contributed by atoms with Crippen molar-refractivity contribution in [3.63, 3.8) is 0 Å². The average Bonchev–Trinajstić information content (AvgIpc) is 3.31. The number of para-hydroxylation sites is 1. The van der Waals surface area contributed by atoms with Gasteiger partial charge in [0, 0.05) is 28.3 Å². The minimum atomic E-state index is -0.124. The molecule has 6 nitrogen and oxygen atoms in total. The van der Waals surface area contributed by atoms with Gasteiger partial charge in [0.2, 0.25) is 5.91 Å². The lowest BCUT2D eigenvalue weighted by molar-refractivity contribution is -0.116. The highest BCUT2D eigenvalue weighted by Gasteiger charge is 2.32. The number of methoxy groups -OCH3 is 2. The van der Waals surface area contributed by atoms with Crippen LogP contribution in [0.4, 0.5) is 5.82 Å². The molecule has 4 rings (SSSR count). The first kappa shape index (κ1) is 16.7. The lowest BCUT2D eigenvalue weighted by atomic mass is 9.86. The van der Waals surface area contributed by atoms with Crippen molar-refractivity contribution in [1.82, 2.24) is 9.78 Å². The van der Waals surface area contributed by atoms with E-state index in [0.29, 0.717) is 24.5 Å². The number of ether oxygens (including phenoxy) is 2. The number of rotatable bonds is 5. The lowest BCUT2D eigenvalue weighted by Gasteiger charge is -2.25. The van der Waals surface area contributed by atoms with Crippen molar-refractivity contribution in [3.8, 4) is 11.5 Å². The fourth-order valence-corrected chi connectivity index (χ4v) is 4.09. The maximum absolute atomic E-state index is 12.4. The molecule has 0 saturated heterocycles. The number of carbonyl (C=O) groups excluding carboxylic acids is 1. The number of thiophene rings is 1. The summed E-state index contributed by atoms with van der Waals surface area (Å²) in [6, 6.07) is 9.82. The van der Waals surface area contributed by atoms with E-state index in [2.05, 4.69) is 16.5 Å². The first-order chi connectivity index (χ1) is 12.7. The Bertz CT molecular complexity index is 934. The van der Waals surface area contributed by atoms with Crippen molar-refractivity contribution in [2.24, 2.45) is 0 Å². The number of nitrogens with zero attached hydrogens (tertiary/aromatic N) is 2. The van der Waals surface area contributed by atoms with Gasteiger partial charge in [-0.2, -0.15) is 5.10 Å². The van der Waals surface area contributed by atoms with Gasteiger partial charge in [0.05, 0.1) is 27.0 Å². The summed E-state index contributed by atoms with van der Waals surface area (Å²) in [6.07, 6.45) is 2.19. The Hall–Kier alpha value is -2.80. The number of amides is 1. The van der Waals surface area contributed by atoms with Crippen molar-refractivity contribution in [2.75, 3.05) is 19.5 Å². The Kier molecular flexibility index (Phi) is 4.38. The fraction of sp³-hybridized carbons (Fsp3) is 0.263. The second-order valence-corrected chi connectivity index (χ2v) is 7.11. The van der Waals surface area contributed by atoms with E-state index in [9.17, 15) is 4.79 Å². The summed E-state index contributed by atoms with van der Waals surface area (Å²) >= 11 is 1.67. The summed E-state index contributed by atoms with van der Waals surface area (Å²) in [4.78, 5) is 13.6. The molecule has 0 radical (unpaired) electrons. The summed E-state index contributed by atoms with van der Waals surface area (Å²) in [5.74, 6) is 1.92. The third kappa shape index (κ3) is 2.84. The van der Waals surface area contributed by atoms with Gasteiger partial charge in [0.25, 0.3) is 0 Å². The zero-order valence-corrected chi connectivity index (χ0v) is 15.4. The van der Waals surface area contributed by atoms with Crippen molar-refractivity contribution < 1.29 is 14.3 Å². The van der Waals surface area contributed by atoms with Gasteiger partial charge in [-0.25, -0.2) is 4.68 Å². The van der Waals surface area contributed by atoms with Crippen LogP contribution in [-0.2, 0) is 11.3 Å². The van der Waals surface area contributed by atoms with Crippen molar-refractivity contribution >= 4 is 23.1 Å². The van der Waals surface area contributed by atoms with E-state index in [1.54, 1.807) is 25.6 Å². The van der Waals surface area contributed by atoms with Gasteiger partial charge >= 0.3 is 0 Å². The molecule has 1 N–H and O–H groups in total. The number of fused-ring (bicyclic) bond motifs is 1. The molecule has 0 bridgehead atoms. The topological polar surface area (TPSA) is 65.4 Å². The Morgan fingerprint density at radius 1 is 1.23 bits per heavy atom. The van der Waals surface area contributed by atoms with Crippen molar-refractivity contribution in [1.29, 1.82) is 0 Å². The third-order valence-electron chi connectivity index (χ3n) is 4.59. The Morgan fingerprint density at radius 2 is 2.12 bits per heavy atom. The van der Waals surface area contributed by atoms with Crippen molar-refractivity contribution in [2.45, 2.75) is 18.9 Å². The molecule has 0 unspecified atom stereocenters. The number of benzene rings is 1. The highest BCUT2D eigenvalue weighted by molar-refractivity contribution is 7.09. The maximum Gasteiger partial charge on any atom is 0.226 e. The molecule has 2 aromatic heterocycles. The number of anilines is 1. The second kappa shape index (κ2) is 6.84. The molecule has 0 fully saturated rings. The predicted octanol–water partition coefficient (Wildman–Crippen LogP) is 3.48. The molecule has 1 aromatic carbocycles. The van der Waals surface area contributed by atoms with Crippen molar-refractivity contribution in [3.05, 3.63) is 57.9 Å². The molecule has 1 aliphatic heterocycles. The zero-order valence-electron chi connectivity index (χ0n) is 14.6. The SMILES string of the molecule is COc1cccc([C@@H]2CC(=O)Nc3c2cnn3Cc2cccs2)c1OC. The molecule has 7 heteroatoms. The highest BCUT2D eigenvalue weighted by atomic mass is 32.1. The van der Waals surface area contributed by atoms with Crippen LogP contribution in [0.25, 0.3) is 0 Å². The van der Waals surface area contributed by atoms with Crippen LogP contribution in [0.5, 0.6) is 11.5 Å². The average molecular weight is 369 g/mol. The molecule has 26 heavy (non-hydrogen) atoms. The zero-order chi connectivity index (χ0) is 18.1. The molecule has 0 spiro atoms. The summed E-state index contributed by atoms with van der Waals surface area (Å²) in [5, 5.41) is 9.53.